The van der Waals surface area contributed by atoms with Gasteiger partial charge in [-0.15, -0.1) is 0 Å². The Kier molecular flexibility index (Phi) is 3.37. The van der Waals surface area contributed by atoms with Crippen molar-refractivity contribution in [3.05, 3.63) is 0 Å². The predicted molar refractivity (Wildman–Crippen MR) is 53.2 cm³/mol. The molecule has 0 spiro atoms. The first-order valence-corrected chi connectivity index (χ1v) is 4.99. The number of hydrogen-bond donors (Lipinski definition) is 0. The molecule has 14 heavy (non-hydrogen) atoms. The van der Waals surface area contributed by atoms with Gasteiger partial charge in [0.15, 0.2) is 0 Å². The van der Waals surface area contributed by atoms with Gasteiger partial charge >= 0.3 is 6.09 Å². The minimum Gasteiger partial charge on any atom is -0.447 e. The van der Waals surface area contributed by atoms with Crippen molar-refractivity contribution in [2.24, 2.45) is 0 Å². The zero-order chi connectivity index (χ0) is 10.8. The summed E-state index contributed by atoms with van der Waals surface area (Å²) in [5, 5.41) is 0. The van der Waals surface area contributed by atoms with Crippen LogP contribution in [0, 0.1) is 0 Å². The molecule has 1 rings (SSSR count). The fraction of sp³-hybridized carbons (Fsp3) is 0.900. The molecule has 0 N–H and O–H groups in total. The van der Waals surface area contributed by atoms with Gasteiger partial charge in [-0.05, 0) is 27.7 Å². The third-order valence-corrected chi connectivity index (χ3v) is 2.20. The highest BCUT2D eigenvalue weighted by molar-refractivity contribution is 5.69. The van der Waals surface area contributed by atoms with Crippen molar-refractivity contribution in [3.63, 3.8) is 0 Å². The predicted octanol–water partition coefficient (Wildman–Crippen LogP) is 1.64. The SMILES string of the molecule is CC(C)OC(=O)N1CCOCC1(C)C. The van der Waals surface area contributed by atoms with E-state index in [1.807, 2.05) is 27.7 Å². The van der Waals surface area contributed by atoms with E-state index in [0.717, 1.165) is 0 Å². The molecular formula is C10H19NO3. The molecular weight excluding hydrogens is 182 g/mol. The van der Waals surface area contributed by atoms with Gasteiger partial charge in [-0.25, -0.2) is 4.79 Å². The van der Waals surface area contributed by atoms with Gasteiger partial charge in [0, 0.05) is 6.54 Å². The molecule has 1 amide bonds. The average molecular weight is 201 g/mol. The quantitative estimate of drug-likeness (QED) is 0.647. The summed E-state index contributed by atoms with van der Waals surface area (Å²) in [6, 6.07) is 0. The van der Waals surface area contributed by atoms with Gasteiger partial charge in [0.25, 0.3) is 0 Å². The second-order valence-electron chi connectivity index (χ2n) is 4.45. The van der Waals surface area contributed by atoms with Crippen molar-refractivity contribution in [1.29, 1.82) is 0 Å². The van der Waals surface area contributed by atoms with Crippen molar-refractivity contribution in [2.75, 3.05) is 19.8 Å². The highest BCUT2D eigenvalue weighted by Gasteiger charge is 2.35. The van der Waals surface area contributed by atoms with Gasteiger partial charge in [-0.2, -0.15) is 0 Å². The summed E-state index contributed by atoms with van der Waals surface area (Å²) >= 11 is 0. The largest absolute Gasteiger partial charge is 0.447 e. The zero-order valence-electron chi connectivity index (χ0n) is 9.37. The van der Waals surface area contributed by atoms with Gasteiger partial charge in [-0.3, -0.25) is 4.90 Å². The first-order valence-electron chi connectivity index (χ1n) is 4.99. The molecule has 4 nitrogen and oxygen atoms in total. The van der Waals surface area contributed by atoms with Crippen LogP contribution in [0.5, 0.6) is 0 Å². The molecule has 0 aromatic heterocycles. The summed E-state index contributed by atoms with van der Waals surface area (Å²) in [5.74, 6) is 0. The fourth-order valence-corrected chi connectivity index (χ4v) is 1.46. The minimum atomic E-state index is -0.260. The van der Waals surface area contributed by atoms with Crippen molar-refractivity contribution in [2.45, 2.75) is 39.3 Å². The summed E-state index contributed by atoms with van der Waals surface area (Å²) in [5.41, 5.74) is -0.260. The van der Waals surface area contributed by atoms with Crippen LogP contribution in [0.25, 0.3) is 0 Å². The van der Waals surface area contributed by atoms with Crippen molar-refractivity contribution < 1.29 is 14.3 Å². The van der Waals surface area contributed by atoms with Gasteiger partial charge < -0.3 is 9.47 Å². The molecule has 0 aromatic rings. The van der Waals surface area contributed by atoms with E-state index in [4.69, 9.17) is 9.47 Å². The third kappa shape index (κ3) is 2.61. The van der Waals surface area contributed by atoms with Gasteiger partial charge in [0.05, 0.1) is 24.9 Å². The standard InChI is InChI=1S/C10H19NO3/c1-8(2)14-9(12)11-5-6-13-7-10(11,3)4/h8H,5-7H2,1-4H3. The Morgan fingerprint density at radius 3 is 2.64 bits per heavy atom. The molecule has 1 heterocycles. The molecule has 0 atom stereocenters. The maximum atomic E-state index is 11.7. The molecule has 0 bridgehead atoms. The lowest BCUT2D eigenvalue weighted by Crippen LogP contribution is -2.55. The van der Waals surface area contributed by atoms with E-state index in [1.165, 1.54) is 0 Å². The van der Waals surface area contributed by atoms with E-state index in [0.29, 0.717) is 19.8 Å². The lowest BCUT2D eigenvalue weighted by Gasteiger charge is -2.41. The Bertz CT molecular complexity index is 213. The van der Waals surface area contributed by atoms with Crippen LogP contribution in [0.15, 0.2) is 0 Å². The van der Waals surface area contributed by atoms with Crippen LogP contribution in [-0.4, -0.2) is 42.4 Å². The normalized spacial score (nSPS) is 21.1. The molecule has 0 aromatic carbocycles. The maximum Gasteiger partial charge on any atom is 0.410 e. The lowest BCUT2D eigenvalue weighted by molar-refractivity contribution is -0.0501. The Labute approximate surface area is 85.2 Å². The fourth-order valence-electron chi connectivity index (χ4n) is 1.46. The molecule has 1 aliphatic heterocycles. The van der Waals surface area contributed by atoms with Crippen molar-refractivity contribution >= 4 is 6.09 Å². The summed E-state index contributed by atoms with van der Waals surface area (Å²) in [6.07, 6.45) is -0.311. The number of amides is 1. The van der Waals surface area contributed by atoms with Gasteiger partial charge in [0.1, 0.15) is 0 Å². The second-order valence-corrected chi connectivity index (χ2v) is 4.45. The average Bonchev–Trinajstić information content (AvgIpc) is 2.01. The highest BCUT2D eigenvalue weighted by Crippen LogP contribution is 2.20. The summed E-state index contributed by atoms with van der Waals surface area (Å²) in [7, 11) is 0. The number of carbonyl (C=O) groups excluding carboxylic acids is 1. The molecule has 4 heteroatoms. The molecule has 0 aliphatic carbocycles. The number of ether oxygens (including phenoxy) is 2. The Balaban J connectivity index is 2.60. The summed E-state index contributed by atoms with van der Waals surface area (Å²) in [4.78, 5) is 13.4. The third-order valence-electron chi connectivity index (χ3n) is 2.20. The van der Waals surface area contributed by atoms with Crippen LogP contribution in [0.4, 0.5) is 4.79 Å². The van der Waals surface area contributed by atoms with E-state index >= 15 is 0 Å². The minimum absolute atomic E-state index is 0.0684. The number of hydrogen-bond acceptors (Lipinski definition) is 3. The molecule has 1 fully saturated rings. The van der Waals surface area contributed by atoms with Crippen LogP contribution < -0.4 is 0 Å². The first-order chi connectivity index (χ1) is 6.43. The Hall–Kier alpha value is -0.770. The number of rotatable bonds is 1. The Morgan fingerprint density at radius 2 is 2.14 bits per heavy atom. The molecule has 0 unspecified atom stereocenters. The van der Waals surface area contributed by atoms with E-state index in [2.05, 4.69) is 0 Å². The van der Waals surface area contributed by atoms with Gasteiger partial charge in [0.2, 0.25) is 0 Å². The van der Waals surface area contributed by atoms with Crippen LogP contribution in [0.3, 0.4) is 0 Å². The smallest absolute Gasteiger partial charge is 0.410 e. The van der Waals surface area contributed by atoms with Crippen molar-refractivity contribution in [1.82, 2.24) is 4.90 Å². The van der Waals surface area contributed by atoms with E-state index < -0.39 is 0 Å². The molecule has 0 radical (unpaired) electrons. The van der Waals surface area contributed by atoms with Gasteiger partial charge in [-0.1, -0.05) is 0 Å². The number of carbonyl (C=O) groups is 1. The molecule has 1 saturated heterocycles. The number of nitrogens with zero attached hydrogens (tertiary/aromatic N) is 1. The monoisotopic (exact) mass is 201 g/mol. The molecule has 0 saturated carbocycles. The van der Waals surface area contributed by atoms with E-state index in [9.17, 15) is 4.79 Å². The van der Waals surface area contributed by atoms with Crippen LogP contribution >= 0.6 is 0 Å². The van der Waals surface area contributed by atoms with Crippen LogP contribution in [0.1, 0.15) is 27.7 Å². The summed E-state index contributed by atoms with van der Waals surface area (Å²) in [6.45, 7) is 9.44. The second kappa shape index (κ2) is 4.17. The Morgan fingerprint density at radius 1 is 1.50 bits per heavy atom. The van der Waals surface area contributed by atoms with E-state index in [1.54, 1.807) is 4.90 Å². The molecule has 1 aliphatic rings. The zero-order valence-corrected chi connectivity index (χ0v) is 9.37. The van der Waals surface area contributed by atoms with Crippen LogP contribution in [0.2, 0.25) is 0 Å². The van der Waals surface area contributed by atoms with E-state index in [-0.39, 0.29) is 17.7 Å². The first kappa shape index (κ1) is 11.3. The summed E-state index contributed by atoms with van der Waals surface area (Å²) < 4.78 is 10.5. The molecule has 82 valence electrons. The highest BCUT2D eigenvalue weighted by atomic mass is 16.6. The van der Waals surface area contributed by atoms with Crippen LogP contribution in [-0.2, 0) is 9.47 Å². The van der Waals surface area contributed by atoms with Crippen molar-refractivity contribution in [3.8, 4) is 0 Å². The maximum absolute atomic E-state index is 11.7. The number of morpholine rings is 1. The topological polar surface area (TPSA) is 38.8 Å². The lowest BCUT2D eigenvalue weighted by atomic mass is 10.0.